The van der Waals surface area contributed by atoms with Crippen LogP contribution in [0.2, 0.25) is 0 Å². The van der Waals surface area contributed by atoms with Crippen molar-refractivity contribution in [3.8, 4) is 5.75 Å². The number of anilines is 1. The number of ether oxygens (including phenoxy) is 1. The maximum Gasteiger partial charge on any atom is 0.246 e. The molecule has 0 spiro atoms. The summed E-state index contributed by atoms with van der Waals surface area (Å²) in [6.45, 7) is 1.86. The van der Waals surface area contributed by atoms with Crippen molar-refractivity contribution < 1.29 is 13.2 Å². The molecule has 1 aromatic heterocycles. The number of hydrogen-bond donors (Lipinski definition) is 0. The Morgan fingerprint density at radius 3 is 2.62 bits per heavy atom. The number of fused-ring (bicyclic) bond motifs is 2. The van der Waals surface area contributed by atoms with E-state index in [0.29, 0.717) is 24.8 Å². The van der Waals surface area contributed by atoms with E-state index in [1.54, 1.807) is 34.8 Å². The van der Waals surface area contributed by atoms with Crippen molar-refractivity contribution in [2.45, 2.75) is 17.4 Å². The first-order valence-electron chi connectivity index (χ1n) is 9.69. The van der Waals surface area contributed by atoms with Crippen molar-refractivity contribution in [2.24, 2.45) is 5.92 Å². The smallest absolute Gasteiger partial charge is 0.246 e. The van der Waals surface area contributed by atoms with Crippen LogP contribution in [0.3, 0.4) is 0 Å². The summed E-state index contributed by atoms with van der Waals surface area (Å²) in [6, 6.07) is 14.7. The van der Waals surface area contributed by atoms with Crippen LogP contribution in [-0.2, 0) is 10.0 Å². The predicted octanol–water partition coefficient (Wildman–Crippen LogP) is 2.54. The number of hydrogen-bond acceptors (Lipinski definition) is 6. The summed E-state index contributed by atoms with van der Waals surface area (Å²) in [7, 11) is -2.13. The van der Waals surface area contributed by atoms with Crippen molar-refractivity contribution in [3.05, 3.63) is 54.7 Å². The van der Waals surface area contributed by atoms with Crippen molar-refractivity contribution >= 4 is 26.9 Å². The van der Waals surface area contributed by atoms with Crippen molar-refractivity contribution in [1.29, 1.82) is 0 Å². The fourth-order valence-corrected chi connectivity index (χ4v) is 5.93. The second-order valence-electron chi connectivity index (χ2n) is 7.50. The zero-order valence-corrected chi connectivity index (χ0v) is 16.9. The number of aromatic nitrogens is 2. The average Bonchev–Trinajstić information content (AvgIpc) is 2.74. The normalized spacial score (nSPS) is 22.2. The highest BCUT2D eigenvalue weighted by atomic mass is 32.2. The molecule has 3 heterocycles. The van der Waals surface area contributed by atoms with Gasteiger partial charge in [-0.2, -0.15) is 4.31 Å². The molecule has 2 fully saturated rings. The third-order valence-corrected chi connectivity index (χ3v) is 7.84. The molecule has 5 rings (SSSR count). The Kier molecular flexibility index (Phi) is 4.40. The van der Waals surface area contributed by atoms with Crippen LogP contribution in [0.4, 0.5) is 5.82 Å². The summed E-state index contributed by atoms with van der Waals surface area (Å²) < 4.78 is 33.4. The van der Waals surface area contributed by atoms with E-state index in [2.05, 4.69) is 9.88 Å². The molecule has 0 bridgehead atoms. The van der Waals surface area contributed by atoms with Gasteiger partial charge in [0, 0.05) is 25.7 Å². The van der Waals surface area contributed by atoms with Crippen molar-refractivity contribution in [3.63, 3.8) is 0 Å². The largest absolute Gasteiger partial charge is 0.495 e. The number of benzene rings is 2. The molecule has 2 unspecified atom stereocenters. The molecule has 0 N–H and O–H groups in total. The molecule has 2 saturated heterocycles. The van der Waals surface area contributed by atoms with E-state index in [1.165, 1.54) is 7.11 Å². The van der Waals surface area contributed by atoms with Gasteiger partial charge in [-0.05, 0) is 36.6 Å². The number of piperidine rings is 1. The SMILES string of the molecule is COc1ccccc1S(=O)(=O)N1CCC2CN(c3cnc4ccccc4n3)C2C1. The Bertz CT molecular complexity index is 1170. The molecule has 7 nitrogen and oxygen atoms in total. The van der Waals surface area contributed by atoms with Gasteiger partial charge in [-0.25, -0.2) is 13.4 Å². The van der Waals surface area contributed by atoms with Gasteiger partial charge in [0.1, 0.15) is 16.5 Å². The number of rotatable bonds is 4. The van der Waals surface area contributed by atoms with Gasteiger partial charge in [-0.1, -0.05) is 24.3 Å². The summed E-state index contributed by atoms with van der Waals surface area (Å²) in [4.78, 5) is 11.6. The van der Waals surface area contributed by atoms with Crippen LogP contribution in [0, 0.1) is 5.92 Å². The van der Waals surface area contributed by atoms with Gasteiger partial charge < -0.3 is 9.64 Å². The standard InChI is InChI=1S/C21H22N4O3S/c1-28-19-8-4-5-9-20(19)29(26,27)24-11-10-15-13-25(18(15)14-24)21-12-22-16-6-2-3-7-17(16)23-21/h2-9,12,15,18H,10-11,13-14H2,1H3. The fourth-order valence-electron chi connectivity index (χ4n) is 4.31. The maximum atomic E-state index is 13.3. The first-order valence-corrected chi connectivity index (χ1v) is 11.1. The lowest BCUT2D eigenvalue weighted by molar-refractivity contribution is 0.170. The monoisotopic (exact) mass is 410 g/mol. The van der Waals surface area contributed by atoms with E-state index < -0.39 is 10.0 Å². The minimum Gasteiger partial charge on any atom is -0.495 e. The number of methoxy groups -OCH3 is 1. The van der Waals surface area contributed by atoms with Crippen LogP contribution in [-0.4, -0.2) is 55.5 Å². The Morgan fingerprint density at radius 2 is 1.79 bits per heavy atom. The fraction of sp³-hybridized carbons (Fsp3) is 0.333. The summed E-state index contributed by atoms with van der Waals surface area (Å²) in [5.41, 5.74) is 1.71. The van der Waals surface area contributed by atoms with E-state index >= 15 is 0 Å². The van der Waals surface area contributed by atoms with Gasteiger partial charge in [0.15, 0.2) is 0 Å². The van der Waals surface area contributed by atoms with E-state index in [0.717, 1.165) is 29.8 Å². The molecule has 2 aliphatic rings. The molecule has 0 amide bonds. The van der Waals surface area contributed by atoms with Crippen LogP contribution in [0.15, 0.2) is 59.6 Å². The molecule has 150 valence electrons. The molecule has 0 saturated carbocycles. The molecule has 2 aliphatic heterocycles. The molecule has 0 radical (unpaired) electrons. The van der Waals surface area contributed by atoms with Crippen LogP contribution >= 0.6 is 0 Å². The first-order chi connectivity index (χ1) is 14.1. The molecule has 3 aromatic rings. The van der Waals surface area contributed by atoms with E-state index in [9.17, 15) is 8.42 Å². The average molecular weight is 410 g/mol. The second kappa shape index (κ2) is 6.96. The van der Waals surface area contributed by atoms with E-state index in [1.807, 2.05) is 24.3 Å². The highest BCUT2D eigenvalue weighted by molar-refractivity contribution is 7.89. The summed E-state index contributed by atoms with van der Waals surface area (Å²) in [5, 5.41) is 0. The van der Waals surface area contributed by atoms with Gasteiger partial charge >= 0.3 is 0 Å². The number of sulfonamides is 1. The van der Waals surface area contributed by atoms with Gasteiger partial charge in [0.2, 0.25) is 10.0 Å². The van der Waals surface area contributed by atoms with Gasteiger partial charge in [-0.15, -0.1) is 0 Å². The van der Waals surface area contributed by atoms with Crippen LogP contribution in [0.5, 0.6) is 5.75 Å². The van der Waals surface area contributed by atoms with Gasteiger partial charge in [0.05, 0.1) is 24.3 Å². The molecule has 2 aromatic carbocycles. The second-order valence-corrected chi connectivity index (χ2v) is 9.41. The molecule has 29 heavy (non-hydrogen) atoms. The summed E-state index contributed by atoms with van der Waals surface area (Å²) in [6.07, 6.45) is 2.63. The van der Waals surface area contributed by atoms with E-state index in [4.69, 9.17) is 9.72 Å². The summed E-state index contributed by atoms with van der Waals surface area (Å²) in [5.74, 6) is 1.66. The van der Waals surface area contributed by atoms with Crippen LogP contribution < -0.4 is 9.64 Å². The molecule has 0 aliphatic carbocycles. The van der Waals surface area contributed by atoms with E-state index in [-0.39, 0.29) is 10.9 Å². The number of para-hydroxylation sites is 3. The highest BCUT2D eigenvalue weighted by Crippen LogP contribution is 2.38. The Morgan fingerprint density at radius 1 is 1.03 bits per heavy atom. The molecular weight excluding hydrogens is 388 g/mol. The lowest BCUT2D eigenvalue weighted by atomic mass is 9.83. The molecule has 8 heteroatoms. The Labute approximate surface area is 170 Å². The Hall–Kier alpha value is -2.71. The number of nitrogens with zero attached hydrogens (tertiary/aromatic N) is 4. The van der Waals surface area contributed by atoms with Gasteiger partial charge in [-0.3, -0.25) is 4.98 Å². The molecule has 2 atom stereocenters. The topological polar surface area (TPSA) is 75.6 Å². The zero-order valence-electron chi connectivity index (χ0n) is 16.1. The minimum atomic E-state index is -3.62. The Balaban J connectivity index is 1.41. The third-order valence-electron chi connectivity index (χ3n) is 5.93. The first kappa shape index (κ1) is 18.3. The maximum absolute atomic E-state index is 13.3. The quantitative estimate of drug-likeness (QED) is 0.658. The zero-order chi connectivity index (χ0) is 20.0. The minimum absolute atomic E-state index is 0.115. The third kappa shape index (κ3) is 3.03. The molecular formula is C21H22N4O3S. The lowest BCUT2D eigenvalue weighted by Gasteiger charge is -2.53. The van der Waals surface area contributed by atoms with Crippen LogP contribution in [0.25, 0.3) is 11.0 Å². The highest BCUT2D eigenvalue weighted by Gasteiger charge is 2.46. The van der Waals surface area contributed by atoms with Crippen LogP contribution in [0.1, 0.15) is 6.42 Å². The summed E-state index contributed by atoms with van der Waals surface area (Å²) >= 11 is 0. The predicted molar refractivity (Wildman–Crippen MR) is 111 cm³/mol. The van der Waals surface area contributed by atoms with Crippen molar-refractivity contribution in [1.82, 2.24) is 14.3 Å². The lowest BCUT2D eigenvalue weighted by Crippen LogP contribution is -2.65. The van der Waals surface area contributed by atoms with Gasteiger partial charge in [0.25, 0.3) is 0 Å². The van der Waals surface area contributed by atoms with Crippen molar-refractivity contribution in [2.75, 3.05) is 31.6 Å².